The number of phenolic OH excluding ortho intramolecular Hbond substituents is 1. The number of Topliss-reactive ketones (excluding diaryl/α,β-unsaturated/α-hetero) is 4. The number of phenols is 1. The summed E-state index contributed by atoms with van der Waals surface area (Å²) in [5.74, 6) is -3.45. The number of aromatic hydroxyl groups is 1. The summed E-state index contributed by atoms with van der Waals surface area (Å²) in [6.45, 7) is 7.99. The van der Waals surface area contributed by atoms with Gasteiger partial charge in [-0.15, -0.1) is 0 Å². The van der Waals surface area contributed by atoms with Gasteiger partial charge in [0, 0.05) is 55.2 Å². The van der Waals surface area contributed by atoms with Crippen molar-refractivity contribution >= 4 is 23.1 Å². The molecule has 4 aliphatic heterocycles. The Morgan fingerprint density at radius 2 is 1.47 bits per heavy atom. The van der Waals surface area contributed by atoms with Gasteiger partial charge in [0.15, 0.2) is 47.6 Å². The van der Waals surface area contributed by atoms with Crippen LogP contribution in [-0.4, -0.2) is 144 Å². The van der Waals surface area contributed by atoms with Crippen molar-refractivity contribution in [2.45, 2.75) is 183 Å². The first-order valence-corrected chi connectivity index (χ1v) is 20.8. The van der Waals surface area contributed by atoms with Crippen molar-refractivity contribution in [3.8, 4) is 5.75 Å². The van der Waals surface area contributed by atoms with E-state index in [0.29, 0.717) is 12.8 Å². The SMILES string of the molecule is CC1OC(OC2CCC(OC3CC(c4ccc5c(c4O)C(=O)C4=C(C5=O)C5(OC6CCC(O)C(C)O6)C(=O)CC(C)(O)CC5(O)C=C4)OC(C)C3O)OC2C)CC(O)C1=O. The van der Waals surface area contributed by atoms with E-state index in [1.807, 2.05) is 0 Å². The fourth-order valence-electron chi connectivity index (χ4n) is 9.97. The zero-order chi connectivity index (χ0) is 43.2. The fraction of sp³-hybridized carbons (Fsp3) is 0.674. The molecule has 4 saturated heterocycles. The average Bonchev–Trinajstić information content (AvgIpc) is 3.17. The van der Waals surface area contributed by atoms with Gasteiger partial charge in [0.2, 0.25) is 0 Å². The number of aliphatic hydroxyl groups excluding tert-OH is 3. The van der Waals surface area contributed by atoms with Crippen molar-refractivity contribution in [1.29, 1.82) is 0 Å². The molecule has 328 valence electrons. The Morgan fingerprint density at radius 1 is 0.767 bits per heavy atom. The average molecular weight is 843 g/mol. The molecule has 7 aliphatic rings. The molecule has 3 aliphatic carbocycles. The molecule has 1 aromatic rings. The zero-order valence-corrected chi connectivity index (χ0v) is 34.1. The Labute approximate surface area is 346 Å². The third-order valence-electron chi connectivity index (χ3n) is 13.2. The minimum Gasteiger partial charge on any atom is -0.507 e. The number of carbonyl (C=O) groups is 4. The molecule has 0 amide bonds. The van der Waals surface area contributed by atoms with Crippen LogP contribution in [0.1, 0.15) is 118 Å². The van der Waals surface area contributed by atoms with Gasteiger partial charge in [-0.05, 0) is 59.6 Å². The van der Waals surface area contributed by atoms with Crippen molar-refractivity contribution in [2.24, 2.45) is 0 Å². The van der Waals surface area contributed by atoms with Crippen molar-refractivity contribution in [3.05, 3.63) is 52.1 Å². The molecule has 17 nitrogen and oxygen atoms in total. The Morgan fingerprint density at radius 3 is 2.17 bits per heavy atom. The molecule has 1 saturated carbocycles. The molecule has 16 unspecified atom stereocenters. The maximum absolute atomic E-state index is 14.7. The Bertz CT molecular complexity index is 1980. The highest BCUT2D eigenvalue weighted by molar-refractivity contribution is 6.32. The number of ketones is 4. The monoisotopic (exact) mass is 842 g/mol. The van der Waals surface area contributed by atoms with E-state index in [2.05, 4.69) is 0 Å². The molecule has 4 heterocycles. The number of hydrogen-bond donors (Lipinski definition) is 6. The van der Waals surface area contributed by atoms with Gasteiger partial charge < -0.3 is 63.8 Å². The molecule has 0 spiro atoms. The number of hydrogen-bond acceptors (Lipinski definition) is 17. The predicted molar refractivity (Wildman–Crippen MR) is 203 cm³/mol. The van der Waals surface area contributed by atoms with Gasteiger partial charge in [-0.25, -0.2) is 0 Å². The van der Waals surface area contributed by atoms with E-state index in [-0.39, 0.29) is 47.9 Å². The summed E-state index contributed by atoms with van der Waals surface area (Å²) in [6, 6.07) is 2.77. The van der Waals surface area contributed by atoms with E-state index in [0.717, 1.165) is 0 Å². The normalized spacial score (nSPS) is 44.7. The summed E-state index contributed by atoms with van der Waals surface area (Å²) >= 11 is 0. The standard InChI is InChI=1S/C43H54O17/c1-18-25(44)8-10-32(55-18)60-43-30(46)16-41(5,52)17-42(43,53)13-12-24-35(43)40(51)23-7-6-22(38(49)34(23)39(24)50)28-15-29(37(48)21(4)54-28)59-31-11-9-27(19(2)56-31)58-33-14-26(45)36(47)20(3)57-33/h6-7,12-13,18-21,25-29,31-33,37,44-45,48-49,52-53H,8-11,14-17H2,1-5H3. The predicted octanol–water partition coefficient (Wildman–Crippen LogP) is 1.69. The van der Waals surface area contributed by atoms with Gasteiger partial charge >= 0.3 is 0 Å². The number of benzene rings is 1. The second-order valence-corrected chi connectivity index (χ2v) is 17.7. The summed E-state index contributed by atoms with van der Waals surface area (Å²) in [4.78, 5) is 55.5. The van der Waals surface area contributed by atoms with E-state index < -0.39 is 144 Å². The van der Waals surface area contributed by atoms with Gasteiger partial charge in [0.1, 0.15) is 29.7 Å². The number of rotatable bonds is 7. The van der Waals surface area contributed by atoms with Crippen molar-refractivity contribution in [3.63, 3.8) is 0 Å². The van der Waals surface area contributed by atoms with E-state index in [1.165, 1.54) is 31.2 Å². The van der Waals surface area contributed by atoms with Crippen LogP contribution in [-0.2, 0) is 42.7 Å². The molecular formula is C43H54O17. The lowest BCUT2D eigenvalue weighted by Crippen LogP contribution is -2.71. The van der Waals surface area contributed by atoms with Gasteiger partial charge in [-0.1, -0.05) is 12.1 Å². The molecule has 60 heavy (non-hydrogen) atoms. The van der Waals surface area contributed by atoms with Crippen LogP contribution in [0.3, 0.4) is 0 Å². The van der Waals surface area contributed by atoms with Crippen molar-refractivity contribution < 1.29 is 83.0 Å². The molecule has 8 rings (SSSR count). The molecule has 1 aromatic carbocycles. The van der Waals surface area contributed by atoms with E-state index in [4.69, 9.17) is 33.2 Å². The highest BCUT2D eigenvalue weighted by Gasteiger charge is 2.69. The van der Waals surface area contributed by atoms with Gasteiger partial charge in [-0.3, -0.25) is 19.2 Å². The third kappa shape index (κ3) is 7.33. The first-order chi connectivity index (χ1) is 28.2. The minimum absolute atomic E-state index is 0.00863. The van der Waals surface area contributed by atoms with E-state index in [1.54, 1.807) is 27.7 Å². The summed E-state index contributed by atoms with van der Waals surface area (Å²) < 4.78 is 42.5. The molecular weight excluding hydrogens is 788 g/mol. The molecule has 0 radical (unpaired) electrons. The molecule has 0 aromatic heterocycles. The smallest absolute Gasteiger partial charge is 0.198 e. The van der Waals surface area contributed by atoms with Crippen LogP contribution < -0.4 is 0 Å². The highest BCUT2D eigenvalue weighted by Crippen LogP contribution is 2.54. The van der Waals surface area contributed by atoms with E-state index in [9.17, 15) is 49.8 Å². The lowest BCUT2D eigenvalue weighted by Gasteiger charge is -2.55. The second-order valence-electron chi connectivity index (χ2n) is 17.7. The summed E-state index contributed by atoms with van der Waals surface area (Å²) in [7, 11) is 0. The molecule has 6 N–H and O–H groups in total. The topological polar surface area (TPSA) is 254 Å². The first-order valence-electron chi connectivity index (χ1n) is 20.8. The van der Waals surface area contributed by atoms with Crippen LogP contribution in [0.2, 0.25) is 0 Å². The van der Waals surface area contributed by atoms with Gasteiger partial charge in [0.25, 0.3) is 0 Å². The van der Waals surface area contributed by atoms with Crippen LogP contribution >= 0.6 is 0 Å². The van der Waals surface area contributed by atoms with Crippen LogP contribution in [0.4, 0.5) is 0 Å². The minimum atomic E-state index is -2.47. The molecule has 0 bridgehead atoms. The van der Waals surface area contributed by atoms with Gasteiger partial charge in [-0.2, -0.15) is 0 Å². The van der Waals surface area contributed by atoms with Gasteiger partial charge in [0.05, 0.1) is 59.5 Å². The third-order valence-corrected chi connectivity index (χ3v) is 13.2. The largest absolute Gasteiger partial charge is 0.507 e. The summed E-state index contributed by atoms with van der Waals surface area (Å²) in [6.07, 6.45) is -8.10. The zero-order valence-electron chi connectivity index (χ0n) is 34.1. The molecule has 17 heteroatoms. The maximum Gasteiger partial charge on any atom is 0.198 e. The summed E-state index contributed by atoms with van der Waals surface area (Å²) in [5.41, 5.74) is -7.59. The van der Waals surface area contributed by atoms with Crippen LogP contribution in [0.15, 0.2) is 35.4 Å². The van der Waals surface area contributed by atoms with Crippen LogP contribution in [0, 0.1) is 0 Å². The van der Waals surface area contributed by atoms with Crippen LogP contribution in [0.5, 0.6) is 5.75 Å². The number of fused-ring (bicyclic) bond motifs is 3. The Kier molecular flexibility index (Phi) is 11.4. The maximum atomic E-state index is 14.7. The number of carbonyl (C=O) groups excluding carboxylic acids is 4. The summed E-state index contributed by atoms with van der Waals surface area (Å²) in [5, 5.41) is 66.7. The fourth-order valence-corrected chi connectivity index (χ4v) is 9.97. The number of allylic oxidation sites excluding steroid dienone is 2. The van der Waals surface area contributed by atoms with Crippen molar-refractivity contribution in [2.75, 3.05) is 0 Å². The molecule has 16 atom stereocenters. The second kappa shape index (κ2) is 15.8. The quantitative estimate of drug-likeness (QED) is 0.228. The Hall–Kier alpha value is -3.30. The Balaban J connectivity index is 1.03. The van der Waals surface area contributed by atoms with E-state index >= 15 is 0 Å². The van der Waals surface area contributed by atoms with Crippen molar-refractivity contribution in [1.82, 2.24) is 0 Å². The number of ether oxygens (including phenoxy) is 7. The highest BCUT2D eigenvalue weighted by atomic mass is 16.7. The lowest BCUT2D eigenvalue weighted by atomic mass is 9.57. The lowest BCUT2D eigenvalue weighted by molar-refractivity contribution is -0.295. The van der Waals surface area contributed by atoms with Crippen LogP contribution in [0.25, 0.3) is 0 Å². The molecule has 5 fully saturated rings. The first kappa shape index (κ1) is 43.4. The number of aliphatic hydroxyl groups is 5.